The number of aromatic nitrogens is 2. The third kappa shape index (κ3) is 3.60. The Balaban J connectivity index is 1.35. The second-order valence-electron chi connectivity index (χ2n) is 7.09. The minimum absolute atomic E-state index is 0.110. The molecule has 1 aromatic carbocycles. The first-order valence-corrected chi connectivity index (χ1v) is 9.32. The molecule has 1 aliphatic rings. The van der Waals surface area contributed by atoms with Crippen molar-refractivity contribution in [3.63, 3.8) is 0 Å². The molecule has 0 radical (unpaired) electrons. The standard InChI is InChI=1S/C21H24N4O2/c1-23-15-16(18-6-2-3-7-19(18)23)13-20(26)24-9-11-25(12-10-24)21(27)14-17-5-4-8-22-17/h2-8,15,22H,9-14H2,1H3. The van der Waals surface area contributed by atoms with Gasteiger partial charge in [-0.3, -0.25) is 9.59 Å². The predicted octanol–water partition coefficient (Wildman–Crippen LogP) is 1.96. The summed E-state index contributed by atoms with van der Waals surface area (Å²) < 4.78 is 2.06. The molecule has 2 amide bonds. The number of fused-ring (bicyclic) bond motifs is 1. The number of carbonyl (C=O) groups is 2. The molecule has 27 heavy (non-hydrogen) atoms. The third-order valence-electron chi connectivity index (χ3n) is 5.31. The highest BCUT2D eigenvalue weighted by molar-refractivity contribution is 5.89. The van der Waals surface area contributed by atoms with Crippen LogP contribution in [0.5, 0.6) is 0 Å². The number of para-hydroxylation sites is 1. The zero-order chi connectivity index (χ0) is 18.8. The summed E-state index contributed by atoms with van der Waals surface area (Å²) in [6.45, 7) is 2.39. The van der Waals surface area contributed by atoms with Crippen LogP contribution in [-0.4, -0.2) is 57.3 Å². The van der Waals surface area contributed by atoms with Gasteiger partial charge in [-0.1, -0.05) is 18.2 Å². The number of amides is 2. The first-order valence-electron chi connectivity index (χ1n) is 9.32. The molecule has 1 aliphatic heterocycles. The van der Waals surface area contributed by atoms with Crippen molar-refractivity contribution in [2.24, 2.45) is 7.05 Å². The Bertz CT molecular complexity index is 950. The topological polar surface area (TPSA) is 61.3 Å². The number of rotatable bonds is 4. The Hall–Kier alpha value is -3.02. The molecule has 1 fully saturated rings. The number of aromatic amines is 1. The summed E-state index contributed by atoms with van der Waals surface area (Å²) >= 11 is 0. The monoisotopic (exact) mass is 364 g/mol. The van der Waals surface area contributed by atoms with Crippen LogP contribution in [0.2, 0.25) is 0 Å². The van der Waals surface area contributed by atoms with Crippen LogP contribution in [0.25, 0.3) is 10.9 Å². The van der Waals surface area contributed by atoms with Crippen molar-refractivity contribution >= 4 is 22.7 Å². The van der Waals surface area contributed by atoms with Crippen LogP contribution in [-0.2, 0) is 29.5 Å². The van der Waals surface area contributed by atoms with Gasteiger partial charge in [0, 0.05) is 62.2 Å². The number of benzene rings is 1. The van der Waals surface area contributed by atoms with E-state index in [9.17, 15) is 9.59 Å². The highest BCUT2D eigenvalue weighted by Crippen LogP contribution is 2.21. The predicted molar refractivity (Wildman–Crippen MR) is 104 cm³/mol. The zero-order valence-corrected chi connectivity index (χ0v) is 15.5. The van der Waals surface area contributed by atoms with Gasteiger partial charge in [0.25, 0.3) is 0 Å². The maximum absolute atomic E-state index is 12.8. The molecule has 0 aliphatic carbocycles. The molecular weight excluding hydrogens is 340 g/mol. The van der Waals surface area contributed by atoms with E-state index in [4.69, 9.17) is 0 Å². The average molecular weight is 364 g/mol. The maximum Gasteiger partial charge on any atom is 0.228 e. The van der Waals surface area contributed by atoms with Crippen molar-refractivity contribution in [1.82, 2.24) is 19.4 Å². The maximum atomic E-state index is 12.8. The van der Waals surface area contributed by atoms with Crippen LogP contribution in [0, 0.1) is 0 Å². The molecule has 6 heteroatoms. The van der Waals surface area contributed by atoms with Crippen LogP contribution in [0.4, 0.5) is 0 Å². The number of hydrogen-bond donors (Lipinski definition) is 1. The Kier molecular flexibility index (Phi) is 4.71. The van der Waals surface area contributed by atoms with E-state index in [0.29, 0.717) is 39.0 Å². The molecule has 3 heterocycles. The molecule has 1 saturated heterocycles. The first kappa shape index (κ1) is 17.4. The normalized spacial score (nSPS) is 14.7. The van der Waals surface area contributed by atoms with Crippen molar-refractivity contribution < 1.29 is 9.59 Å². The summed E-state index contributed by atoms with van der Waals surface area (Å²) in [5, 5.41) is 1.13. The van der Waals surface area contributed by atoms with E-state index in [1.165, 1.54) is 0 Å². The molecule has 0 bridgehead atoms. The van der Waals surface area contributed by atoms with Crippen LogP contribution < -0.4 is 0 Å². The van der Waals surface area contributed by atoms with E-state index in [2.05, 4.69) is 21.7 Å². The van der Waals surface area contributed by atoms with Crippen molar-refractivity contribution in [3.8, 4) is 0 Å². The Morgan fingerprint density at radius 3 is 2.26 bits per heavy atom. The van der Waals surface area contributed by atoms with Crippen LogP contribution in [0.15, 0.2) is 48.8 Å². The van der Waals surface area contributed by atoms with Gasteiger partial charge in [0.2, 0.25) is 11.8 Å². The fraction of sp³-hybridized carbons (Fsp3) is 0.333. The molecule has 3 aromatic rings. The quantitative estimate of drug-likeness (QED) is 0.769. The van der Waals surface area contributed by atoms with E-state index in [1.807, 2.05) is 53.5 Å². The highest BCUT2D eigenvalue weighted by Gasteiger charge is 2.25. The summed E-state index contributed by atoms with van der Waals surface area (Å²) in [4.78, 5) is 31.9. The molecule has 1 N–H and O–H groups in total. The minimum atomic E-state index is 0.110. The molecule has 2 aromatic heterocycles. The molecule has 140 valence electrons. The fourth-order valence-electron chi connectivity index (χ4n) is 3.80. The molecule has 6 nitrogen and oxygen atoms in total. The molecule has 0 saturated carbocycles. The molecule has 4 rings (SSSR count). The molecule has 0 atom stereocenters. The van der Waals surface area contributed by atoms with E-state index in [0.717, 1.165) is 22.2 Å². The Morgan fingerprint density at radius 1 is 0.926 bits per heavy atom. The van der Waals surface area contributed by atoms with Crippen LogP contribution in [0.3, 0.4) is 0 Å². The summed E-state index contributed by atoms with van der Waals surface area (Å²) in [6, 6.07) is 12.0. The number of H-pyrrole nitrogens is 1. The third-order valence-corrected chi connectivity index (χ3v) is 5.31. The van der Waals surface area contributed by atoms with Crippen molar-refractivity contribution in [2.45, 2.75) is 12.8 Å². The minimum Gasteiger partial charge on any atom is -0.365 e. The van der Waals surface area contributed by atoms with Crippen molar-refractivity contribution in [1.29, 1.82) is 0 Å². The average Bonchev–Trinajstić information content (AvgIpc) is 3.30. The van der Waals surface area contributed by atoms with Gasteiger partial charge in [0.1, 0.15) is 0 Å². The van der Waals surface area contributed by atoms with Gasteiger partial charge in [0.15, 0.2) is 0 Å². The summed E-state index contributed by atoms with van der Waals surface area (Å²) in [7, 11) is 2.00. The smallest absolute Gasteiger partial charge is 0.228 e. The highest BCUT2D eigenvalue weighted by atomic mass is 16.2. The first-order chi connectivity index (χ1) is 13.1. The van der Waals surface area contributed by atoms with Crippen molar-refractivity contribution in [3.05, 3.63) is 60.0 Å². The van der Waals surface area contributed by atoms with Crippen LogP contribution >= 0.6 is 0 Å². The number of nitrogens with zero attached hydrogens (tertiary/aromatic N) is 3. The van der Waals surface area contributed by atoms with Gasteiger partial charge in [0.05, 0.1) is 12.8 Å². The van der Waals surface area contributed by atoms with E-state index in [-0.39, 0.29) is 11.8 Å². The number of aryl methyl sites for hydroxylation is 1. The largest absolute Gasteiger partial charge is 0.365 e. The lowest BCUT2D eigenvalue weighted by Crippen LogP contribution is -2.51. The van der Waals surface area contributed by atoms with Gasteiger partial charge < -0.3 is 19.4 Å². The van der Waals surface area contributed by atoms with Gasteiger partial charge in [-0.15, -0.1) is 0 Å². The summed E-state index contributed by atoms with van der Waals surface area (Å²) in [5.41, 5.74) is 3.12. The van der Waals surface area contributed by atoms with Gasteiger partial charge in [-0.2, -0.15) is 0 Å². The second-order valence-corrected chi connectivity index (χ2v) is 7.09. The van der Waals surface area contributed by atoms with E-state index >= 15 is 0 Å². The molecule has 0 unspecified atom stereocenters. The number of hydrogen-bond acceptors (Lipinski definition) is 2. The number of piperazine rings is 1. The van der Waals surface area contributed by atoms with Crippen molar-refractivity contribution in [2.75, 3.05) is 26.2 Å². The SMILES string of the molecule is Cn1cc(CC(=O)N2CCN(C(=O)Cc3ccc[nH]3)CC2)c2ccccc21. The Labute approximate surface area is 158 Å². The number of carbonyl (C=O) groups excluding carboxylic acids is 2. The fourth-order valence-corrected chi connectivity index (χ4v) is 3.80. The van der Waals surface area contributed by atoms with Gasteiger partial charge in [-0.05, 0) is 23.8 Å². The van der Waals surface area contributed by atoms with Gasteiger partial charge in [-0.25, -0.2) is 0 Å². The second kappa shape index (κ2) is 7.31. The Morgan fingerprint density at radius 2 is 1.59 bits per heavy atom. The zero-order valence-electron chi connectivity index (χ0n) is 15.5. The lowest BCUT2D eigenvalue weighted by molar-refractivity contribution is -0.138. The summed E-state index contributed by atoms with van der Waals surface area (Å²) in [5.74, 6) is 0.237. The van der Waals surface area contributed by atoms with Gasteiger partial charge >= 0.3 is 0 Å². The van der Waals surface area contributed by atoms with Crippen LogP contribution in [0.1, 0.15) is 11.3 Å². The van der Waals surface area contributed by atoms with E-state index < -0.39 is 0 Å². The van der Waals surface area contributed by atoms with E-state index in [1.54, 1.807) is 0 Å². The lowest BCUT2D eigenvalue weighted by atomic mass is 10.1. The molecule has 0 spiro atoms. The summed E-state index contributed by atoms with van der Waals surface area (Å²) in [6.07, 6.45) is 4.65. The number of nitrogens with one attached hydrogen (secondary N) is 1. The molecular formula is C21H24N4O2. The lowest BCUT2D eigenvalue weighted by Gasteiger charge is -2.34.